The molecule has 0 N–H and O–H groups in total. The molecule has 4 aliphatic carbocycles. The molecule has 7 aliphatic rings. The van der Waals surface area contributed by atoms with E-state index in [1.807, 2.05) is 0 Å². The van der Waals surface area contributed by atoms with Gasteiger partial charge in [-0.3, -0.25) is 0 Å². The van der Waals surface area contributed by atoms with E-state index in [1.54, 1.807) is 11.1 Å². The molecule has 0 atom stereocenters. The zero-order valence-corrected chi connectivity index (χ0v) is 56.4. The Morgan fingerprint density at radius 3 is 1.40 bits per heavy atom. The smallest absolute Gasteiger partial charge is 0.0529 e. The van der Waals surface area contributed by atoms with Crippen LogP contribution in [0.5, 0.6) is 0 Å². The van der Waals surface area contributed by atoms with Crippen LogP contribution in [0.1, 0.15) is 231 Å². The third-order valence-corrected chi connectivity index (χ3v) is 23.4. The van der Waals surface area contributed by atoms with Gasteiger partial charge < -0.3 is 14.7 Å². The van der Waals surface area contributed by atoms with E-state index in [-0.39, 0.29) is 27.1 Å². The predicted molar refractivity (Wildman–Crippen MR) is 382 cm³/mol. The van der Waals surface area contributed by atoms with Crippen LogP contribution in [-0.4, -0.2) is 21.1 Å². The summed E-state index contributed by atoms with van der Waals surface area (Å²) in [6.45, 7) is 28.5. The van der Waals surface area contributed by atoms with E-state index in [2.05, 4.69) is 283 Å². The monoisotopic (exact) mass is 1170 g/mol. The van der Waals surface area contributed by atoms with Gasteiger partial charge in [0.1, 0.15) is 0 Å². The van der Waals surface area contributed by atoms with Crippen LogP contribution in [0.3, 0.4) is 0 Å². The van der Waals surface area contributed by atoms with Crippen LogP contribution in [-0.2, 0) is 33.5 Å². The Morgan fingerprint density at radius 1 is 0.337 bits per heavy atom. The highest BCUT2D eigenvalue weighted by Gasteiger charge is 2.44. The van der Waals surface area contributed by atoms with Gasteiger partial charge in [-0.15, -0.1) is 0 Å². The number of rotatable bonds is 4. The van der Waals surface area contributed by atoms with Gasteiger partial charge in [0.15, 0.2) is 0 Å². The molecule has 3 nitrogen and oxygen atoms in total. The molecule has 0 amide bonds. The average molecular weight is 1170 g/mol. The second-order valence-electron chi connectivity index (χ2n) is 31.1. The van der Waals surface area contributed by atoms with E-state index in [0.717, 1.165) is 18.3 Å². The number of anilines is 6. The number of hydrogen-bond donors (Lipinski definition) is 0. The Hall–Kier alpha value is -7.36. The van der Waals surface area contributed by atoms with E-state index in [0.29, 0.717) is 5.92 Å². The fourth-order valence-electron chi connectivity index (χ4n) is 18.0. The molecule has 3 aliphatic heterocycles. The summed E-state index contributed by atoms with van der Waals surface area (Å²) in [5.74, 6) is 2.15. The van der Waals surface area contributed by atoms with Crippen molar-refractivity contribution in [2.75, 3.05) is 35.8 Å². The van der Waals surface area contributed by atoms with Crippen molar-refractivity contribution in [2.24, 2.45) is 5.92 Å². The van der Waals surface area contributed by atoms with Crippen molar-refractivity contribution >= 4 is 44.9 Å². The fraction of sp³-hybridized carbons (Fsp3) is 0.395. The van der Waals surface area contributed by atoms with Crippen molar-refractivity contribution in [3.63, 3.8) is 0 Å². The first-order valence-electron chi connectivity index (χ1n) is 34.2. The number of nitrogens with zero attached hydrogens (tertiary/aromatic N) is 3. The van der Waals surface area contributed by atoms with Crippen molar-refractivity contribution < 1.29 is 0 Å². The molecule has 9 aromatic carbocycles. The summed E-state index contributed by atoms with van der Waals surface area (Å²) < 4.78 is 0. The van der Waals surface area contributed by atoms with Gasteiger partial charge in [-0.05, 0) is 186 Å². The standard InChI is InChI=1S/C31H35N.C29H33N.C26H29N/c1-30(2)24-14-10-9-13-22(24)23-18-29-27(19-25(23)30)31(3,4)26-17-21(15-16-28(26)32(29)5)20-11-7-6-8-12-20;1-18(2)14-19-12-13-26-24(15-19)29(5,6)25-16-21-20-10-8-9-11-22(20)28(3,4)23(21)17-27(25)30(26)7;1-26(2)22-15-14-20(18-9-5-4-6-10-18)17-24(22)27(3)25-21-12-8-7-11-19(21)13-16-23(25)26/h9-10,13-20H,6-8,11-12H2,1-5H3;8-13,15-18H,14H2,1-7H3;7-8,11-18H,4-6,9-10H2,1-3H3. The number of benzene rings is 9. The maximum atomic E-state index is 2.55. The second-order valence-corrected chi connectivity index (χ2v) is 31.1. The molecule has 0 aromatic heterocycles. The molecule has 16 rings (SSSR count). The maximum Gasteiger partial charge on any atom is 0.0529 e. The lowest BCUT2D eigenvalue weighted by molar-refractivity contribution is 0.443. The lowest BCUT2D eigenvalue weighted by atomic mass is 9.70. The van der Waals surface area contributed by atoms with Crippen LogP contribution in [0.2, 0.25) is 0 Å². The summed E-state index contributed by atoms with van der Waals surface area (Å²) in [5, 5.41) is 2.69. The summed E-state index contributed by atoms with van der Waals surface area (Å²) in [4.78, 5) is 7.30. The van der Waals surface area contributed by atoms with Gasteiger partial charge in [-0.1, -0.05) is 249 Å². The predicted octanol–water partition coefficient (Wildman–Crippen LogP) is 23.3. The first kappa shape index (κ1) is 59.3. The van der Waals surface area contributed by atoms with Gasteiger partial charge in [-0.2, -0.15) is 0 Å². The van der Waals surface area contributed by atoms with Crippen LogP contribution in [0.25, 0.3) is 33.0 Å². The SMILES string of the molecule is CC(C)Cc1ccc2c(c1)C(C)(C)c1cc3c(cc1N2C)C(C)(C)c1ccccc1-3.CN1c2cc(C3CCCCC3)ccc2C(C)(C)c2ccc3ccccc3c21.CN1c2ccc(C3CCCCC3)cc2C(C)(C)c2cc3c(cc21)-c1ccccc1C3(C)C. The Bertz CT molecular complexity index is 4260. The van der Waals surface area contributed by atoms with E-state index in [4.69, 9.17) is 0 Å². The van der Waals surface area contributed by atoms with Crippen molar-refractivity contribution in [2.45, 2.75) is 193 Å². The summed E-state index contributed by atoms with van der Waals surface area (Å²) in [5.41, 5.74) is 33.0. The van der Waals surface area contributed by atoms with Crippen LogP contribution in [0.4, 0.5) is 34.1 Å². The third-order valence-electron chi connectivity index (χ3n) is 23.4. The van der Waals surface area contributed by atoms with Gasteiger partial charge in [0.2, 0.25) is 0 Å². The minimum absolute atomic E-state index is 0.0122. The molecule has 0 unspecified atom stereocenters. The third kappa shape index (κ3) is 9.46. The van der Waals surface area contributed by atoms with Gasteiger partial charge >= 0.3 is 0 Å². The zero-order valence-electron chi connectivity index (χ0n) is 56.4. The van der Waals surface area contributed by atoms with Crippen LogP contribution in [0, 0.1) is 5.92 Å². The molecule has 0 saturated heterocycles. The summed E-state index contributed by atoms with van der Waals surface area (Å²) >= 11 is 0. The molecule has 456 valence electrons. The lowest BCUT2D eigenvalue weighted by Crippen LogP contribution is -2.32. The molecule has 3 heterocycles. The maximum absolute atomic E-state index is 2.55. The topological polar surface area (TPSA) is 9.72 Å². The molecule has 0 bridgehead atoms. The highest BCUT2D eigenvalue weighted by Crippen LogP contribution is 2.59. The van der Waals surface area contributed by atoms with Crippen LogP contribution < -0.4 is 14.7 Å². The minimum atomic E-state index is -0.0269. The van der Waals surface area contributed by atoms with Crippen molar-refractivity contribution in [3.8, 4) is 22.3 Å². The van der Waals surface area contributed by atoms with E-state index >= 15 is 0 Å². The van der Waals surface area contributed by atoms with Gasteiger partial charge in [0, 0.05) is 82.0 Å². The molecule has 2 saturated carbocycles. The van der Waals surface area contributed by atoms with E-state index in [1.165, 1.54) is 193 Å². The summed E-state index contributed by atoms with van der Waals surface area (Å²) in [6.07, 6.45) is 14.9. The largest absolute Gasteiger partial charge is 0.344 e. The highest BCUT2D eigenvalue weighted by molar-refractivity contribution is 6.00. The average Bonchev–Trinajstić information content (AvgIpc) is 1.72. The fourth-order valence-corrected chi connectivity index (χ4v) is 18.0. The van der Waals surface area contributed by atoms with E-state index in [9.17, 15) is 0 Å². The molecule has 0 radical (unpaired) electrons. The van der Waals surface area contributed by atoms with Crippen molar-refractivity contribution in [1.82, 2.24) is 0 Å². The molecular weight excluding hydrogens is 1070 g/mol. The molecule has 2 fully saturated rings. The summed E-state index contributed by atoms with van der Waals surface area (Å²) in [6, 6.07) is 63.1. The molecule has 3 heteroatoms. The first-order valence-corrected chi connectivity index (χ1v) is 34.2. The van der Waals surface area contributed by atoms with E-state index < -0.39 is 0 Å². The Kier molecular flexibility index (Phi) is 14.4. The zero-order chi connectivity index (χ0) is 62.3. The first-order chi connectivity index (χ1) is 42.5. The Balaban J connectivity index is 0.000000117. The summed E-state index contributed by atoms with van der Waals surface area (Å²) in [7, 11) is 6.74. The Morgan fingerprint density at radius 2 is 0.787 bits per heavy atom. The van der Waals surface area contributed by atoms with Crippen LogP contribution in [0.15, 0.2) is 164 Å². The molecule has 89 heavy (non-hydrogen) atoms. The quantitative estimate of drug-likeness (QED) is 0.174. The second kappa shape index (κ2) is 21.7. The number of hydrogen-bond acceptors (Lipinski definition) is 3. The molecule has 9 aromatic rings. The Labute approximate surface area is 534 Å². The van der Waals surface area contributed by atoms with Gasteiger partial charge in [0.05, 0.1) is 5.69 Å². The molecular formula is C86H97N3. The van der Waals surface area contributed by atoms with Crippen molar-refractivity contribution in [3.05, 3.63) is 236 Å². The van der Waals surface area contributed by atoms with Gasteiger partial charge in [-0.25, -0.2) is 0 Å². The normalized spacial score (nSPS) is 18.9. The van der Waals surface area contributed by atoms with Crippen LogP contribution >= 0.6 is 0 Å². The van der Waals surface area contributed by atoms with Gasteiger partial charge in [0.25, 0.3) is 0 Å². The highest BCUT2D eigenvalue weighted by atomic mass is 15.1. The molecule has 0 spiro atoms. The lowest BCUT2D eigenvalue weighted by Gasteiger charge is -2.42. The minimum Gasteiger partial charge on any atom is -0.344 e. The van der Waals surface area contributed by atoms with Crippen molar-refractivity contribution in [1.29, 1.82) is 0 Å². The number of fused-ring (bicyclic) bond motifs is 14.